The van der Waals surface area contributed by atoms with Gasteiger partial charge in [-0.2, -0.15) is 0 Å². The molecule has 60 valence electrons. The summed E-state index contributed by atoms with van der Waals surface area (Å²) in [4.78, 5) is 10.5. The molecule has 0 radical (unpaired) electrons. The average molecular weight is 146 g/mol. The van der Waals surface area contributed by atoms with Crippen LogP contribution in [0.1, 0.15) is 20.3 Å². The molecule has 1 atom stereocenters. The third-order valence-corrected chi connectivity index (χ3v) is 1.17. The van der Waals surface area contributed by atoms with Crippen molar-refractivity contribution in [1.29, 1.82) is 0 Å². The average Bonchev–Trinajstić information content (AvgIpc) is 1.88. The maximum Gasteiger partial charge on any atom is 0.244 e. The number of nitrogens with one attached hydrogen (secondary N) is 2. The standard InChI is InChI=1S/C6H14N2O2/c1-3-7-5(2)4-6(9)8-10/h5,7,10H,3-4H2,1-2H3,(H,8,9). The van der Waals surface area contributed by atoms with E-state index in [-0.39, 0.29) is 11.9 Å². The zero-order valence-corrected chi connectivity index (χ0v) is 6.35. The molecule has 0 fully saturated rings. The van der Waals surface area contributed by atoms with Crippen LogP contribution < -0.4 is 10.8 Å². The summed E-state index contributed by atoms with van der Waals surface area (Å²) in [5.41, 5.74) is 1.58. The van der Waals surface area contributed by atoms with Crippen molar-refractivity contribution in [2.24, 2.45) is 0 Å². The third kappa shape index (κ3) is 4.29. The number of carbonyl (C=O) groups excluding carboxylic acids is 1. The Morgan fingerprint density at radius 3 is 2.70 bits per heavy atom. The fraction of sp³-hybridized carbons (Fsp3) is 0.833. The van der Waals surface area contributed by atoms with Gasteiger partial charge in [0.2, 0.25) is 5.91 Å². The molecule has 0 heterocycles. The van der Waals surface area contributed by atoms with Crippen LogP contribution in [0.15, 0.2) is 0 Å². The van der Waals surface area contributed by atoms with Gasteiger partial charge in [0.15, 0.2) is 0 Å². The lowest BCUT2D eigenvalue weighted by Crippen LogP contribution is -2.32. The van der Waals surface area contributed by atoms with Crippen molar-refractivity contribution in [2.45, 2.75) is 26.3 Å². The molecule has 0 saturated carbocycles. The molecular formula is C6H14N2O2. The van der Waals surface area contributed by atoms with E-state index in [1.165, 1.54) is 0 Å². The first-order valence-corrected chi connectivity index (χ1v) is 3.37. The topological polar surface area (TPSA) is 61.4 Å². The van der Waals surface area contributed by atoms with Crippen LogP contribution in [0.25, 0.3) is 0 Å². The zero-order valence-electron chi connectivity index (χ0n) is 6.35. The molecule has 0 bridgehead atoms. The van der Waals surface area contributed by atoms with Gasteiger partial charge in [-0.1, -0.05) is 6.92 Å². The minimum absolute atomic E-state index is 0.122. The van der Waals surface area contributed by atoms with Gasteiger partial charge >= 0.3 is 0 Å². The molecular weight excluding hydrogens is 132 g/mol. The van der Waals surface area contributed by atoms with Crippen LogP contribution in [0.2, 0.25) is 0 Å². The van der Waals surface area contributed by atoms with Crippen LogP contribution >= 0.6 is 0 Å². The lowest BCUT2D eigenvalue weighted by atomic mass is 10.2. The Hall–Kier alpha value is -0.610. The zero-order chi connectivity index (χ0) is 7.98. The molecule has 3 N–H and O–H groups in total. The van der Waals surface area contributed by atoms with E-state index in [1.54, 1.807) is 5.48 Å². The van der Waals surface area contributed by atoms with Crippen LogP contribution in [0.5, 0.6) is 0 Å². The van der Waals surface area contributed by atoms with E-state index in [0.29, 0.717) is 6.42 Å². The van der Waals surface area contributed by atoms with Crippen LogP contribution in [0.4, 0.5) is 0 Å². The summed E-state index contributed by atoms with van der Waals surface area (Å²) in [6.45, 7) is 4.69. The normalized spacial score (nSPS) is 12.7. The highest BCUT2D eigenvalue weighted by Crippen LogP contribution is 1.88. The van der Waals surface area contributed by atoms with E-state index in [1.807, 2.05) is 13.8 Å². The Kier molecular flexibility index (Phi) is 4.88. The highest BCUT2D eigenvalue weighted by Gasteiger charge is 2.05. The highest BCUT2D eigenvalue weighted by molar-refractivity contribution is 5.75. The van der Waals surface area contributed by atoms with E-state index >= 15 is 0 Å². The quantitative estimate of drug-likeness (QED) is 0.383. The second kappa shape index (κ2) is 5.20. The third-order valence-electron chi connectivity index (χ3n) is 1.17. The Bertz CT molecular complexity index is 106. The lowest BCUT2D eigenvalue weighted by molar-refractivity contribution is -0.129. The first-order chi connectivity index (χ1) is 4.70. The van der Waals surface area contributed by atoms with Crippen molar-refractivity contribution in [3.63, 3.8) is 0 Å². The highest BCUT2D eigenvalue weighted by atomic mass is 16.5. The Morgan fingerprint density at radius 1 is 1.70 bits per heavy atom. The number of carbonyl (C=O) groups is 1. The number of rotatable bonds is 4. The molecule has 0 saturated heterocycles. The van der Waals surface area contributed by atoms with Gasteiger partial charge in [-0.3, -0.25) is 10.0 Å². The molecule has 0 aromatic heterocycles. The SMILES string of the molecule is CCNC(C)CC(=O)NO. The summed E-state index contributed by atoms with van der Waals surface area (Å²) in [6.07, 6.45) is 0.310. The van der Waals surface area contributed by atoms with Crippen molar-refractivity contribution in [3.8, 4) is 0 Å². The maximum atomic E-state index is 10.5. The minimum Gasteiger partial charge on any atom is -0.314 e. The van der Waals surface area contributed by atoms with Crippen LogP contribution in [0, 0.1) is 0 Å². The predicted molar refractivity (Wildman–Crippen MR) is 37.7 cm³/mol. The second-order valence-corrected chi connectivity index (χ2v) is 2.20. The van der Waals surface area contributed by atoms with Crippen molar-refractivity contribution in [1.82, 2.24) is 10.8 Å². The summed E-state index contributed by atoms with van der Waals surface area (Å²) in [5, 5.41) is 11.2. The van der Waals surface area contributed by atoms with E-state index in [9.17, 15) is 4.79 Å². The van der Waals surface area contributed by atoms with Crippen molar-refractivity contribution >= 4 is 5.91 Å². The van der Waals surface area contributed by atoms with Gasteiger partial charge in [-0.05, 0) is 13.5 Å². The second-order valence-electron chi connectivity index (χ2n) is 2.20. The number of hydrogen-bond donors (Lipinski definition) is 3. The summed E-state index contributed by atoms with van der Waals surface area (Å²) in [7, 11) is 0. The first-order valence-electron chi connectivity index (χ1n) is 3.37. The van der Waals surface area contributed by atoms with E-state index in [2.05, 4.69) is 5.32 Å². The van der Waals surface area contributed by atoms with Gasteiger partial charge in [0.25, 0.3) is 0 Å². The molecule has 0 aromatic carbocycles. The first kappa shape index (κ1) is 9.39. The molecule has 0 rings (SSSR count). The van der Waals surface area contributed by atoms with Crippen LogP contribution in [0.3, 0.4) is 0 Å². The number of amides is 1. The molecule has 0 aromatic rings. The molecule has 0 aliphatic carbocycles. The smallest absolute Gasteiger partial charge is 0.244 e. The van der Waals surface area contributed by atoms with Gasteiger partial charge in [0.05, 0.1) is 0 Å². The van der Waals surface area contributed by atoms with Gasteiger partial charge in [-0.15, -0.1) is 0 Å². The lowest BCUT2D eigenvalue weighted by Gasteiger charge is -2.09. The van der Waals surface area contributed by atoms with Crippen LogP contribution in [-0.4, -0.2) is 23.7 Å². The molecule has 1 amide bonds. The predicted octanol–water partition coefficient (Wildman–Crippen LogP) is -0.120. The largest absolute Gasteiger partial charge is 0.314 e. The fourth-order valence-electron chi connectivity index (χ4n) is 0.744. The summed E-state index contributed by atoms with van der Waals surface area (Å²) in [5.74, 6) is -0.353. The Morgan fingerprint density at radius 2 is 2.30 bits per heavy atom. The minimum atomic E-state index is -0.353. The maximum absolute atomic E-state index is 10.5. The van der Waals surface area contributed by atoms with Gasteiger partial charge < -0.3 is 5.32 Å². The Labute approximate surface area is 60.6 Å². The molecule has 4 heteroatoms. The van der Waals surface area contributed by atoms with Gasteiger partial charge in [-0.25, -0.2) is 5.48 Å². The van der Waals surface area contributed by atoms with Gasteiger partial charge in [0.1, 0.15) is 0 Å². The molecule has 1 unspecified atom stereocenters. The fourth-order valence-corrected chi connectivity index (χ4v) is 0.744. The van der Waals surface area contributed by atoms with Gasteiger partial charge in [0, 0.05) is 12.5 Å². The molecule has 0 aliphatic rings. The van der Waals surface area contributed by atoms with Crippen molar-refractivity contribution in [3.05, 3.63) is 0 Å². The number of hydrogen-bond acceptors (Lipinski definition) is 3. The molecule has 0 aliphatic heterocycles. The van der Waals surface area contributed by atoms with E-state index < -0.39 is 0 Å². The van der Waals surface area contributed by atoms with Crippen molar-refractivity contribution in [2.75, 3.05) is 6.54 Å². The van der Waals surface area contributed by atoms with E-state index in [4.69, 9.17) is 5.21 Å². The summed E-state index contributed by atoms with van der Waals surface area (Å²) < 4.78 is 0. The molecule has 4 nitrogen and oxygen atoms in total. The van der Waals surface area contributed by atoms with Crippen LogP contribution in [-0.2, 0) is 4.79 Å². The monoisotopic (exact) mass is 146 g/mol. The van der Waals surface area contributed by atoms with E-state index in [0.717, 1.165) is 6.54 Å². The molecule has 10 heavy (non-hydrogen) atoms. The van der Waals surface area contributed by atoms with Crippen molar-refractivity contribution < 1.29 is 10.0 Å². The summed E-state index contributed by atoms with van der Waals surface area (Å²) >= 11 is 0. The number of hydroxylamine groups is 1. The summed E-state index contributed by atoms with van der Waals surface area (Å²) in [6, 6.07) is 0.122. The Balaban J connectivity index is 3.37. The molecule has 0 spiro atoms.